The van der Waals surface area contributed by atoms with E-state index in [4.69, 9.17) is 4.74 Å². The zero-order valence-corrected chi connectivity index (χ0v) is 13.7. The van der Waals surface area contributed by atoms with Gasteiger partial charge in [0.25, 0.3) is 0 Å². The third-order valence-corrected chi connectivity index (χ3v) is 4.46. The first-order chi connectivity index (χ1) is 10.2. The molecule has 1 fully saturated rings. The summed E-state index contributed by atoms with van der Waals surface area (Å²) in [6, 6.07) is 12.0. The minimum absolute atomic E-state index is 0.295. The van der Waals surface area contributed by atoms with Crippen LogP contribution in [-0.2, 0) is 11.2 Å². The maximum absolute atomic E-state index is 5.48. The highest BCUT2D eigenvalue weighted by Gasteiger charge is 2.28. The van der Waals surface area contributed by atoms with Gasteiger partial charge in [-0.05, 0) is 25.3 Å². The lowest BCUT2D eigenvalue weighted by Gasteiger charge is -2.41. The summed E-state index contributed by atoms with van der Waals surface area (Å²) in [6.45, 7) is 7.67. The number of ether oxygens (including phenoxy) is 1. The normalized spacial score (nSPS) is 24.9. The molecule has 1 aromatic rings. The molecule has 2 rings (SSSR count). The van der Waals surface area contributed by atoms with Crippen molar-refractivity contribution in [2.24, 2.45) is 0 Å². The molecule has 0 aliphatic carbocycles. The highest BCUT2D eigenvalue weighted by atomic mass is 16.5. The number of hydrogen-bond acceptors (Lipinski definition) is 3. The summed E-state index contributed by atoms with van der Waals surface area (Å²) in [5.74, 6) is 0. The molecule has 1 N–H and O–H groups in total. The molecular formula is C18H30N2O. The second-order valence-electron chi connectivity index (χ2n) is 6.24. The summed E-state index contributed by atoms with van der Waals surface area (Å²) < 4.78 is 5.48. The van der Waals surface area contributed by atoms with Crippen molar-refractivity contribution in [3.63, 3.8) is 0 Å². The Labute approximate surface area is 129 Å². The quantitative estimate of drug-likeness (QED) is 0.835. The zero-order valence-electron chi connectivity index (χ0n) is 13.7. The van der Waals surface area contributed by atoms with Crippen LogP contribution in [0.2, 0.25) is 0 Å². The van der Waals surface area contributed by atoms with Crippen molar-refractivity contribution in [2.75, 3.05) is 26.7 Å². The van der Waals surface area contributed by atoms with Crippen LogP contribution in [0.1, 0.15) is 32.3 Å². The monoisotopic (exact) mass is 290 g/mol. The third kappa shape index (κ3) is 5.10. The zero-order chi connectivity index (χ0) is 15.1. The van der Waals surface area contributed by atoms with E-state index in [1.807, 2.05) is 7.11 Å². The largest absolute Gasteiger partial charge is 0.380 e. The van der Waals surface area contributed by atoms with E-state index in [1.54, 1.807) is 0 Å². The topological polar surface area (TPSA) is 24.5 Å². The Balaban J connectivity index is 1.99. The average molecular weight is 290 g/mol. The SMILES string of the molecule is CCCC1CN(CC(C)OC)C(Cc2ccccc2)CN1. The van der Waals surface area contributed by atoms with Gasteiger partial charge in [0, 0.05) is 38.8 Å². The molecule has 1 saturated heterocycles. The highest BCUT2D eigenvalue weighted by Crippen LogP contribution is 2.16. The number of rotatable bonds is 7. The summed E-state index contributed by atoms with van der Waals surface area (Å²) in [5.41, 5.74) is 1.42. The highest BCUT2D eigenvalue weighted by molar-refractivity contribution is 5.16. The van der Waals surface area contributed by atoms with Gasteiger partial charge >= 0.3 is 0 Å². The number of methoxy groups -OCH3 is 1. The smallest absolute Gasteiger partial charge is 0.0670 e. The second kappa shape index (κ2) is 8.52. The number of nitrogens with zero attached hydrogens (tertiary/aromatic N) is 1. The summed E-state index contributed by atoms with van der Waals surface area (Å²) in [6.07, 6.45) is 3.91. The van der Waals surface area contributed by atoms with Crippen LogP contribution in [0.5, 0.6) is 0 Å². The van der Waals surface area contributed by atoms with Crippen LogP contribution in [0.3, 0.4) is 0 Å². The molecule has 0 spiro atoms. The van der Waals surface area contributed by atoms with E-state index >= 15 is 0 Å². The Morgan fingerprint density at radius 1 is 1.33 bits per heavy atom. The van der Waals surface area contributed by atoms with Gasteiger partial charge in [-0.25, -0.2) is 0 Å². The Morgan fingerprint density at radius 3 is 2.76 bits per heavy atom. The molecule has 3 nitrogen and oxygen atoms in total. The molecule has 1 heterocycles. The third-order valence-electron chi connectivity index (χ3n) is 4.46. The molecule has 1 aromatic carbocycles. The first kappa shape index (κ1) is 16.5. The van der Waals surface area contributed by atoms with E-state index in [1.165, 1.54) is 18.4 Å². The molecule has 3 atom stereocenters. The number of benzene rings is 1. The molecule has 0 amide bonds. The second-order valence-corrected chi connectivity index (χ2v) is 6.24. The molecule has 118 valence electrons. The first-order valence-corrected chi connectivity index (χ1v) is 8.27. The molecule has 1 aliphatic heterocycles. The summed E-state index contributed by atoms with van der Waals surface area (Å²) >= 11 is 0. The Kier molecular flexibility index (Phi) is 6.68. The molecule has 3 unspecified atom stereocenters. The van der Waals surface area contributed by atoms with Gasteiger partial charge in [0.2, 0.25) is 0 Å². The van der Waals surface area contributed by atoms with Gasteiger partial charge in [-0.3, -0.25) is 4.90 Å². The van der Waals surface area contributed by atoms with Crippen LogP contribution in [0.25, 0.3) is 0 Å². The molecule has 0 bridgehead atoms. The van der Waals surface area contributed by atoms with Crippen molar-refractivity contribution in [2.45, 2.75) is 51.3 Å². The van der Waals surface area contributed by atoms with E-state index in [0.29, 0.717) is 18.2 Å². The predicted molar refractivity (Wildman–Crippen MR) is 88.7 cm³/mol. The van der Waals surface area contributed by atoms with Crippen molar-refractivity contribution in [1.29, 1.82) is 0 Å². The summed E-state index contributed by atoms with van der Waals surface area (Å²) in [5, 5.41) is 3.73. The fourth-order valence-electron chi connectivity index (χ4n) is 3.19. The van der Waals surface area contributed by atoms with E-state index in [2.05, 4.69) is 54.4 Å². The Bertz CT molecular complexity index is 395. The van der Waals surface area contributed by atoms with E-state index < -0.39 is 0 Å². The fraction of sp³-hybridized carbons (Fsp3) is 0.667. The van der Waals surface area contributed by atoms with Crippen LogP contribution >= 0.6 is 0 Å². The maximum atomic E-state index is 5.48. The van der Waals surface area contributed by atoms with Gasteiger partial charge in [-0.15, -0.1) is 0 Å². The first-order valence-electron chi connectivity index (χ1n) is 8.27. The predicted octanol–water partition coefficient (Wildman–Crippen LogP) is 2.71. The Morgan fingerprint density at radius 2 is 2.10 bits per heavy atom. The van der Waals surface area contributed by atoms with Crippen molar-refractivity contribution in [1.82, 2.24) is 10.2 Å². The van der Waals surface area contributed by atoms with Crippen molar-refractivity contribution in [3.05, 3.63) is 35.9 Å². The molecular weight excluding hydrogens is 260 g/mol. The van der Waals surface area contributed by atoms with Gasteiger partial charge in [-0.2, -0.15) is 0 Å². The van der Waals surface area contributed by atoms with E-state index in [0.717, 1.165) is 26.1 Å². The molecule has 3 heteroatoms. The van der Waals surface area contributed by atoms with Gasteiger partial charge in [0.15, 0.2) is 0 Å². The van der Waals surface area contributed by atoms with Crippen LogP contribution in [0, 0.1) is 0 Å². The van der Waals surface area contributed by atoms with Gasteiger partial charge in [0.05, 0.1) is 6.10 Å². The molecule has 0 radical (unpaired) electrons. The van der Waals surface area contributed by atoms with Gasteiger partial charge in [-0.1, -0.05) is 43.7 Å². The van der Waals surface area contributed by atoms with E-state index in [9.17, 15) is 0 Å². The van der Waals surface area contributed by atoms with Gasteiger partial charge in [0.1, 0.15) is 0 Å². The summed E-state index contributed by atoms with van der Waals surface area (Å²) in [4.78, 5) is 2.62. The number of nitrogens with one attached hydrogen (secondary N) is 1. The van der Waals surface area contributed by atoms with Crippen LogP contribution in [-0.4, -0.2) is 49.8 Å². The van der Waals surface area contributed by atoms with Gasteiger partial charge < -0.3 is 10.1 Å². The Hall–Kier alpha value is -0.900. The average Bonchev–Trinajstić information content (AvgIpc) is 2.51. The lowest BCUT2D eigenvalue weighted by atomic mass is 9.99. The number of hydrogen-bond donors (Lipinski definition) is 1. The molecule has 1 aliphatic rings. The van der Waals surface area contributed by atoms with E-state index in [-0.39, 0.29) is 0 Å². The fourth-order valence-corrected chi connectivity index (χ4v) is 3.19. The molecule has 21 heavy (non-hydrogen) atoms. The van der Waals surface area contributed by atoms with Crippen LogP contribution in [0.15, 0.2) is 30.3 Å². The minimum atomic E-state index is 0.295. The van der Waals surface area contributed by atoms with Crippen LogP contribution < -0.4 is 5.32 Å². The van der Waals surface area contributed by atoms with Crippen LogP contribution in [0.4, 0.5) is 0 Å². The standard InChI is InChI=1S/C18H30N2O/c1-4-8-17-14-20(13-15(2)21-3)18(12-19-17)11-16-9-6-5-7-10-16/h5-7,9-10,15,17-19H,4,8,11-14H2,1-3H3. The lowest BCUT2D eigenvalue weighted by molar-refractivity contribution is 0.0401. The van der Waals surface area contributed by atoms with Crippen molar-refractivity contribution in [3.8, 4) is 0 Å². The number of piperazine rings is 1. The van der Waals surface area contributed by atoms with Crippen molar-refractivity contribution < 1.29 is 4.74 Å². The van der Waals surface area contributed by atoms with Crippen molar-refractivity contribution >= 4 is 0 Å². The summed E-state index contributed by atoms with van der Waals surface area (Å²) in [7, 11) is 1.81. The lowest BCUT2D eigenvalue weighted by Crippen LogP contribution is -2.58. The minimum Gasteiger partial charge on any atom is -0.380 e. The molecule has 0 aromatic heterocycles. The molecule has 0 saturated carbocycles. The maximum Gasteiger partial charge on any atom is 0.0670 e.